The van der Waals surface area contributed by atoms with Crippen molar-refractivity contribution in [1.82, 2.24) is 0 Å². The average Bonchev–Trinajstić information content (AvgIpc) is 2.91. The third-order valence-electron chi connectivity index (χ3n) is 6.86. The van der Waals surface area contributed by atoms with Crippen LogP contribution in [-0.2, 0) is 26.7 Å². The molecule has 5 aromatic rings. The van der Waals surface area contributed by atoms with Crippen LogP contribution < -0.4 is 8.37 Å². The van der Waals surface area contributed by atoms with E-state index in [2.05, 4.69) is 0 Å². The fourth-order valence-corrected chi connectivity index (χ4v) is 6.74. The molecule has 196 valence electrons. The smallest absolute Gasteiger partial charge is 0.339 e. The fourth-order valence-electron chi connectivity index (χ4n) is 4.87. The van der Waals surface area contributed by atoms with E-state index in [0.717, 1.165) is 38.8 Å². The first-order valence-corrected chi connectivity index (χ1v) is 15.1. The van der Waals surface area contributed by atoms with E-state index in [0.29, 0.717) is 11.8 Å². The van der Waals surface area contributed by atoms with E-state index in [1.54, 1.807) is 42.5 Å². The zero-order valence-corrected chi connectivity index (χ0v) is 22.8. The second-order valence-electron chi connectivity index (χ2n) is 9.65. The highest BCUT2D eigenvalue weighted by atomic mass is 32.2. The van der Waals surface area contributed by atoms with Crippen LogP contribution in [0.25, 0.3) is 21.9 Å². The van der Waals surface area contributed by atoms with Gasteiger partial charge in [-0.3, -0.25) is 0 Å². The van der Waals surface area contributed by atoms with E-state index in [1.807, 2.05) is 44.2 Å². The zero-order valence-electron chi connectivity index (χ0n) is 21.2. The highest BCUT2D eigenvalue weighted by Crippen LogP contribution is 2.44. The van der Waals surface area contributed by atoms with Gasteiger partial charge < -0.3 is 8.37 Å². The molecule has 0 heterocycles. The van der Waals surface area contributed by atoms with Crippen molar-refractivity contribution in [3.8, 4) is 22.6 Å². The summed E-state index contributed by atoms with van der Waals surface area (Å²) in [5.74, 6) is 0.429. The minimum absolute atomic E-state index is 0.0786. The molecule has 5 aromatic carbocycles. The number of rotatable bonds is 6. The number of benzene rings is 5. The molecule has 0 aliphatic heterocycles. The van der Waals surface area contributed by atoms with Gasteiger partial charge in [-0.25, -0.2) is 0 Å². The Morgan fingerprint density at radius 2 is 1.18 bits per heavy atom. The minimum Gasteiger partial charge on any atom is -0.379 e. The van der Waals surface area contributed by atoms with Crippen molar-refractivity contribution in [2.75, 3.05) is 0 Å². The van der Waals surface area contributed by atoms with Crippen molar-refractivity contribution in [2.24, 2.45) is 0 Å². The van der Waals surface area contributed by atoms with Crippen LogP contribution in [0.15, 0.2) is 107 Å². The second kappa shape index (κ2) is 9.25. The van der Waals surface area contributed by atoms with Gasteiger partial charge in [0.25, 0.3) is 0 Å². The summed E-state index contributed by atoms with van der Waals surface area (Å²) in [4.78, 5) is 0.158. The third-order valence-corrected chi connectivity index (χ3v) is 9.37. The molecule has 6 nitrogen and oxygen atoms in total. The summed E-state index contributed by atoms with van der Waals surface area (Å²) in [7, 11) is -8.05. The molecular formula is C31H24O6S2. The lowest BCUT2D eigenvalue weighted by Crippen LogP contribution is -2.11. The van der Waals surface area contributed by atoms with Crippen LogP contribution >= 0.6 is 0 Å². The van der Waals surface area contributed by atoms with Crippen LogP contribution in [-0.4, -0.2) is 16.8 Å². The summed E-state index contributed by atoms with van der Waals surface area (Å²) >= 11 is 0. The molecule has 1 aliphatic carbocycles. The first kappa shape index (κ1) is 25.2. The first-order chi connectivity index (χ1) is 18.6. The standard InChI is InChI=1S/C31H24O6S2/c1-20-6-13-25(14-7-20)38(32,33)36-24-12-10-22-18-23-11-17-30(28-5-3-4-27(31(23)28)29(22)19-24)37-39(34,35)26-15-8-21(2)9-16-26/h3-17,19H,18H2,1-2H3. The lowest BCUT2D eigenvalue weighted by Gasteiger charge is -2.22. The lowest BCUT2D eigenvalue weighted by atomic mass is 9.83. The molecule has 0 saturated carbocycles. The van der Waals surface area contributed by atoms with E-state index in [1.165, 1.54) is 24.3 Å². The maximum absolute atomic E-state index is 13.0. The topological polar surface area (TPSA) is 86.7 Å². The largest absolute Gasteiger partial charge is 0.379 e. The maximum Gasteiger partial charge on any atom is 0.339 e. The molecule has 0 unspecified atom stereocenters. The predicted molar refractivity (Wildman–Crippen MR) is 150 cm³/mol. The summed E-state index contributed by atoms with van der Waals surface area (Å²) in [6.45, 7) is 3.77. The first-order valence-electron chi connectivity index (χ1n) is 12.3. The van der Waals surface area contributed by atoms with Crippen molar-refractivity contribution in [2.45, 2.75) is 30.1 Å². The SMILES string of the molecule is Cc1ccc(S(=O)(=O)Oc2ccc3c(c2)-c2cccc4c(OS(=O)(=O)c5ccc(C)cc5)ccc(c24)C3)cc1. The van der Waals surface area contributed by atoms with Gasteiger partial charge in [-0.2, -0.15) is 16.8 Å². The molecule has 0 bridgehead atoms. The molecule has 0 N–H and O–H groups in total. The predicted octanol–water partition coefficient (Wildman–Crippen LogP) is 6.56. The third kappa shape index (κ3) is 4.66. The molecular weight excluding hydrogens is 532 g/mol. The molecule has 0 fully saturated rings. The Hall–Kier alpha value is -4.14. The van der Waals surface area contributed by atoms with E-state index >= 15 is 0 Å². The summed E-state index contributed by atoms with van der Waals surface area (Å²) in [5, 5.41) is 1.52. The van der Waals surface area contributed by atoms with Crippen LogP contribution in [0.1, 0.15) is 22.3 Å². The number of hydrogen-bond donors (Lipinski definition) is 0. The second-order valence-corrected chi connectivity index (χ2v) is 12.7. The molecule has 0 aromatic heterocycles. The van der Waals surface area contributed by atoms with Crippen molar-refractivity contribution >= 4 is 31.0 Å². The molecule has 0 radical (unpaired) electrons. The van der Waals surface area contributed by atoms with Crippen molar-refractivity contribution in [3.05, 3.63) is 119 Å². The highest BCUT2D eigenvalue weighted by molar-refractivity contribution is 7.87. The van der Waals surface area contributed by atoms with E-state index in [-0.39, 0.29) is 21.3 Å². The molecule has 0 spiro atoms. The zero-order chi connectivity index (χ0) is 27.4. The number of aryl methyl sites for hydroxylation is 2. The van der Waals surface area contributed by atoms with Crippen molar-refractivity contribution in [1.29, 1.82) is 0 Å². The van der Waals surface area contributed by atoms with E-state index in [4.69, 9.17) is 8.37 Å². The van der Waals surface area contributed by atoms with Crippen molar-refractivity contribution in [3.63, 3.8) is 0 Å². The Morgan fingerprint density at radius 1 is 0.590 bits per heavy atom. The number of fused-ring (bicyclic) bond motifs is 2. The maximum atomic E-state index is 13.0. The summed E-state index contributed by atoms with van der Waals surface area (Å²) in [6, 6.07) is 27.4. The molecule has 6 rings (SSSR count). The van der Waals surface area contributed by atoms with Crippen LogP contribution in [0.3, 0.4) is 0 Å². The molecule has 0 atom stereocenters. The van der Waals surface area contributed by atoms with Gasteiger partial charge in [0.15, 0.2) is 5.75 Å². The van der Waals surface area contributed by atoms with Gasteiger partial charge in [0.1, 0.15) is 15.5 Å². The van der Waals surface area contributed by atoms with Gasteiger partial charge in [0.05, 0.1) is 0 Å². The van der Waals surface area contributed by atoms with Gasteiger partial charge in [-0.05, 0) is 90.4 Å². The molecule has 39 heavy (non-hydrogen) atoms. The molecule has 8 heteroatoms. The Morgan fingerprint density at radius 3 is 1.82 bits per heavy atom. The monoisotopic (exact) mass is 556 g/mol. The summed E-state index contributed by atoms with van der Waals surface area (Å²) in [6.07, 6.45) is 0.596. The summed E-state index contributed by atoms with van der Waals surface area (Å²) in [5.41, 5.74) is 5.60. The average molecular weight is 557 g/mol. The normalized spacial score (nSPS) is 12.7. The van der Waals surface area contributed by atoms with Crippen LogP contribution in [0.2, 0.25) is 0 Å². The highest BCUT2D eigenvalue weighted by Gasteiger charge is 2.24. The van der Waals surface area contributed by atoms with Crippen LogP contribution in [0.4, 0.5) is 0 Å². The van der Waals surface area contributed by atoms with Crippen LogP contribution in [0.5, 0.6) is 11.5 Å². The molecule has 0 saturated heterocycles. The Labute approximate surface area is 227 Å². The Bertz CT molecular complexity index is 1960. The van der Waals surface area contributed by atoms with E-state index < -0.39 is 20.2 Å². The molecule has 0 amide bonds. The van der Waals surface area contributed by atoms with Gasteiger partial charge in [0.2, 0.25) is 0 Å². The Balaban J connectivity index is 1.39. The van der Waals surface area contributed by atoms with Gasteiger partial charge in [-0.1, -0.05) is 65.7 Å². The Kier molecular flexibility index (Phi) is 5.97. The van der Waals surface area contributed by atoms with Gasteiger partial charge in [0, 0.05) is 5.39 Å². The lowest BCUT2D eigenvalue weighted by molar-refractivity contribution is 0.485. The minimum atomic E-state index is -4.04. The fraction of sp³-hybridized carbons (Fsp3) is 0.0968. The van der Waals surface area contributed by atoms with Gasteiger partial charge >= 0.3 is 20.2 Å². The van der Waals surface area contributed by atoms with Gasteiger partial charge in [-0.15, -0.1) is 0 Å². The van der Waals surface area contributed by atoms with Crippen LogP contribution in [0, 0.1) is 13.8 Å². The van der Waals surface area contributed by atoms with E-state index in [9.17, 15) is 16.8 Å². The summed E-state index contributed by atoms with van der Waals surface area (Å²) < 4.78 is 62.9. The van der Waals surface area contributed by atoms with Crippen molar-refractivity contribution < 1.29 is 25.2 Å². The molecule has 1 aliphatic rings. The number of hydrogen-bond acceptors (Lipinski definition) is 6. The quantitative estimate of drug-likeness (QED) is 0.216.